The zero-order valence-corrected chi connectivity index (χ0v) is 21.1. The number of likely N-dealkylation sites (N-methyl/N-ethyl adjacent to an activating group) is 1. The van der Waals surface area contributed by atoms with Gasteiger partial charge in [0.25, 0.3) is 0 Å². The van der Waals surface area contributed by atoms with E-state index in [1.165, 1.54) is 24.1 Å². The molecule has 0 unspecified atom stereocenters. The topological polar surface area (TPSA) is 86.8 Å². The van der Waals surface area contributed by atoms with Crippen molar-refractivity contribution in [3.63, 3.8) is 0 Å². The van der Waals surface area contributed by atoms with Gasteiger partial charge in [-0.05, 0) is 44.4 Å². The minimum absolute atomic E-state index is 0.122. The van der Waals surface area contributed by atoms with E-state index in [9.17, 15) is 18.0 Å². The van der Waals surface area contributed by atoms with Crippen molar-refractivity contribution in [3.8, 4) is 0 Å². The number of hydrogen-bond acceptors (Lipinski definition) is 4. The lowest BCUT2D eigenvalue weighted by atomic mass is 10.1. The predicted molar refractivity (Wildman–Crippen MR) is 130 cm³/mol. The summed E-state index contributed by atoms with van der Waals surface area (Å²) in [5, 5.41) is 2.86. The molecule has 0 aliphatic heterocycles. The highest BCUT2D eigenvalue weighted by Crippen LogP contribution is 2.17. The molecule has 1 N–H and O–H groups in total. The maximum atomic E-state index is 13.3. The van der Waals surface area contributed by atoms with Crippen LogP contribution in [-0.2, 0) is 26.2 Å². The molecule has 8 heteroatoms. The van der Waals surface area contributed by atoms with Gasteiger partial charge in [-0.15, -0.1) is 0 Å². The second-order valence-electron chi connectivity index (χ2n) is 8.90. The first kappa shape index (κ1) is 26.5. The molecule has 2 aromatic rings. The fourth-order valence-electron chi connectivity index (χ4n) is 3.30. The van der Waals surface area contributed by atoms with E-state index in [1.54, 1.807) is 19.1 Å². The summed E-state index contributed by atoms with van der Waals surface area (Å²) in [4.78, 5) is 27.6. The zero-order valence-electron chi connectivity index (χ0n) is 20.3. The number of aryl methyl sites for hydroxylation is 2. The summed E-state index contributed by atoms with van der Waals surface area (Å²) in [7, 11) is -2.47. The number of amides is 2. The highest BCUT2D eigenvalue weighted by molar-refractivity contribution is 7.89. The molecule has 0 fully saturated rings. The standard InChI is InChI=1S/C25H35N3O4S/c1-18(2)15-26-25(30)21(5)28(16-22-9-7-8-20(4)14-22)24(29)17-27(6)33(31,32)23-12-10-19(3)11-13-23/h7-14,18,21H,15-17H2,1-6H3,(H,26,30)/t21-/m0/s1. The smallest absolute Gasteiger partial charge is 0.243 e. The molecule has 0 saturated heterocycles. The van der Waals surface area contributed by atoms with Crippen LogP contribution in [0.1, 0.15) is 37.5 Å². The molecule has 7 nitrogen and oxygen atoms in total. The van der Waals surface area contributed by atoms with Gasteiger partial charge < -0.3 is 10.2 Å². The summed E-state index contributed by atoms with van der Waals surface area (Å²) < 4.78 is 27.0. The van der Waals surface area contributed by atoms with Gasteiger partial charge in [0.15, 0.2) is 0 Å². The molecule has 0 aliphatic carbocycles. The lowest BCUT2D eigenvalue weighted by Gasteiger charge is -2.30. The molecule has 0 aliphatic rings. The van der Waals surface area contributed by atoms with Crippen LogP contribution in [0.2, 0.25) is 0 Å². The molecule has 0 aromatic heterocycles. The Morgan fingerprint density at radius 3 is 2.18 bits per heavy atom. The largest absolute Gasteiger partial charge is 0.354 e. The van der Waals surface area contributed by atoms with E-state index in [0.717, 1.165) is 21.0 Å². The third-order valence-corrected chi connectivity index (χ3v) is 7.19. The molecule has 0 saturated carbocycles. The van der Waals surface area contributed by atoms with E-state index >= 15 is 0 Å². The minimum Gasteiger partial charge on any atom is -0.354 e. The number of benzene rings is 2. The number of sulfonamides is 1. The molecule has 180 valence electrons. The average molecular weight is 474 g/mol. The van der Waals surface area contributed by atoms with Crippen LogP contribution in [-0.4, -0.2) is 55.6 Å². The van der Waals surface area contributed by atoms with Crippen LogP contribution in [0.15, 0.2) is 53.4 Å². The molecule has 0 radical (unpaired) electrons. The molecule has 0 bridgehead atoms. The van der Waals surface area contributed by atoms with Crippen LogP contribution in [0, 0.1) is 19.8 Å². The molecular weight excluding hydrogens is 438 g/mol. The fourth-order valence-corrected chi connectivity index (χ4v) is 4.42. The zero-order chi connectivity index (χ0) is 24.8. The predicted octanol–water partition coefficient (Wildman–Crippen LogP) is 3.11. The van der Waals surface area contributed by atoms with Crippen molar-refractivity contribution in [3.05, 3.63) is 65.2 Å². The van der Waals surface area contributed by atoms with E-state index in [4.69, 9.17) is 0 Å². The second-order valence-corrected chi connectivity index (χ2v) is 10.9. The van der Waals surface area contributed by atoms with Crippen molar-refractivity contribution in [1.82, 2.24) is 14.5 Å². The monoisotopic (exact) mass is 473 g/mol. The first-order chi connectivity index (χ1) is 15.4. The maximum Gasteiger partial charge on any atom is 0.243 e. The van der Waals surface area contributed by atoms with E-state index in [1.807, 2.05) is 52.0 Å². The first-order valence-electron chi connectivity index (χ1n) is 11.1. The number of nitrogens with zero attached hydrogens (tertiary/aromatic N) is 2. The molecule has 2 aromatic carbocycles. The maximum absolute atomic E-state index is 13.3. The van der Waals surface area contributed by atoms with Crippen LogP contribution >= 0.6 is 0 Å². The van der Waals surface area contributed by atoms with Gasteiger partial charge in [-0.2, -0.15) is 4.31 Å². The van der Waals surface area contributed by atoms with Gasteiger partial charge in [0, 0.05) is 20.1 Å². The molecule has 0 spiro atoms. The first-order valence-corrected chi connectivity index (χ1v) is 12.5. The van der Waals surface area contributed by atoms with Crippen molar-refractivity contribution in [2.45, 2.75) is 52.1 Å². The van der Waals surface area contributed by atoms with Crippen LogP contribution in [0.25, 0.3) is 0 Å². The Kier molecular flexibility index (Phi) is 9.19. The summed E-state index contributed by atoms with van der Waals surface area (Å²) >= 11 is 0. The Hall–Kier alpha value is -2.71. The number of hydrogen-bond donors (Lipinski definition) is 1. The van der Waals surface area contributed by atoms with Gasteiger partial charge >= 0.3 is 0 Å². The SMILES string of the molecule is Cc1ccc(S(=O)(=O)N(C)CC(=O)N(Cc2cccc(C)c2)[C@@H](C)C(=O)NCC(C)C)cc1. The number of rotatable bonds is 10. The van der Waals surface area contributed by atoms with Gasteiger partial charge in [-0.3, -0.25) is 9.59 Å². The van der Waals surface area contributed by atoms with Crippen LogP contribution < -0.4 is 5.32 Å². The van der Waals surface area contributed by atoms with Gasteiger partial charge in [-0.1, -0.05) is 61.4 Å². The third-order valence-electron chi connectivity index (χ3n) is 5.37. The number of carbonyl (C=O) groups excluding carboxylic acids is 2. The fraction of sp³-hybridized carbons (Fsp3) is 0.440. The summed E-state index contributed by atoms with van der Waals surface area (Å²) in [6, 6.07) is 13.4. The van der Waals surface area contributed by atoms with Crippen LogP contribution in [0.3, 0.4) is 0 Å². The molecule has 33 heavy (non-hydrogen) atoms. The average Bonchev–Trinajstić information content (AvgIpc) is 2.75. The quantitative estimate of drug-likeness (QED) is 0.574. The Morgan fingerprint density at radius 1 is 0.970 bits per heavy atom. The van der Waals surface area contributed by atoms with Gasteiger partial charge in [0.2, 0.25) is 21.8 Å². The van der Waals surface area contributed by atoms with Crippen molar-refractivity contribution >= 4 is 21.8 Å². The lowest BCUT2D eigenvalue weighted by Crippen LogP contribution is -2.51. The lowest BCUT2D eigenvalue weighted by molar-refractivity contribution is -0.140. The van der Waals surface area contributed by atoms with Crippen molar-refractivity contribution in [2.24, 2.45) is 5.92 Å². The number of carbonyl (C=O) groups is 2. The molecule has 0 heterocycles. The van der Waals surface area contributed by atoms with Crippen LogP contribution in [0.5, 0.6) is 0 Å². The van der Waals surface area contributed by atoms with Gasteiger partial charge in [0.05, 0.1) is 11.4 Å². The highest BCUT2D eigenvalue weighted by atomic mass is 32.2. The summed E-state index contributed by atoms with van der Waals surface area (Å²) in [6.45, 7) is 9.81. The Bertz CT molecular complexity index is 1070. The number of nitrogens with one attached hydrogen (secondary N) is 1. The molecule has 1 atom stereocenters. The van der Waals surface area contributed by atoms with Crippen molar-refractivity contribution < 1.29 is 18.0 Å². The van der Waals surface area contributed by atoms with E-state index in [-0.39, 0.29) is 29.8 Å². The Labute approximate surface area is 197 Å². The highest BCUT2D eigenvalue weighted by Gasteiger charge is 2.30. The second kappa shape index (κ2) is 11.4. The molecule has 2 rings (SSSR count). The normalized spacial score (nSPS) is 12.6. The Balaban J connectivity index is 2.25. The van der Waals surface area contributed by atoms with Gasteiger partial charge in [0.1, 0.15) is 6.04 Å². The molecular formula is C25H35N3O4S. The summed E-state index contributed by atoms with van der Waals surface area (Å²) in [5.74, 6) is -0.441. The third kappa shape index (κ3) is 7.40. The minimum atomic E-state index is -3.85. The van der Waals surface area contributed by atoms with E-state index in [0.29, 0.717) is 6.54 Å². The van der Waals surface area contributed by atoms with E-state index < -0.39 is 22.0 Å². The summed E-state index contributed by atoms with van der Waals surface area (Å²) in [5.41, 5.74) is 2.85. The van der Waals surface area contributed by atoms with Crippen LogP contribution in [0.4, 0.5) is 0 Å². The van der Waals surface area contributed by atoms with Crippen molar-refractivity contribution in [1.29, 1.82) is 0 Å². The van der Waals surface area contributed by atoms with Crippen molar-refractivity contribution in [2.75, 3.05) is 20.1 Å². The summed E-state index contributed by atoms with van der Waals surface area (Å²) in [6.07, 6.45) is 0. The van der Waals surface area contributed by atoms with E-state index in [2.05, 4.69) is 5.32 Å². The van der Waals surface area contributed by atoms with Gasteiger partial charge in [-0.25, -0.2) is 8.42 Å². The Morgan fingerprint density at radius 2 is 1.61 bits per heavy atom. The molecule has 2 amide bonds.